The van der Waals surface area contributed by atoms with E-state index in [1.54, 1.807) is 0 Å². The summed E-state index contributed by atoms with van der Waals surface area (Å²) in [5.74, 6) is 0.698. The lowest BCUT2D eigenvalue weighted by Crippen LogP contribution is -2.59. The van der Waals surface area contributed by atoms with Crippen molar-refractivity contribution < 1.29 is 40.1 Å². The number of aliphatic hydroxyl groups is 6. The number of ether oxygens (including phenoxy) is 2. The van der Waals surface area contributed by atoms with Gasteiger partial charge in [-0.3, -0.25) is 0 Å². The van der Waals surface area contributed by atoms with Gasteiger partial charge in [-0.2, -0.15) is 0 Å². The largest absolute Gasteiger partial charge is 0.394 e. The number of hydrogen-bond donors (Lipinski definition) is 6. The van der Waals surface area contributed by atoms with E-state index in [4.69, 9.17) is 9.47 Å². The molecule has 6 N–H and O–H groups in total. The highest BCUT2D eigenvalue weighted by Gasteiger charge is 2.45. The van der Waals surface area contributed by atoms with Crippen LogP contribution >= 0.6 is 0 Å². The van der Waals surface area contributed by atoms with Gasteiger partial charge in [0.25, 0.3) is 0 Å². The summed E-state index contributed by atoms with van der Waals surface area (Å²) in [6, 6.07) is 0. The van der Waals surface area contributed by atoms with E-state index in [-0.39, 0.29) is 18.1 Å². The Morgan fingerprint density at radius 3 is 2.30 bits per heavy atom. The average molecular weight is 392 g/mol. The number of hydrogen-bond acceptors (Lipinski definition) is 8. The van der Waals surface area contributed by atoms with Crippen LogP contribution in [0.25, 0.3) is 0 Å². The monoisotopic (exact) mass is 392 g/mol. The summed E-state index contributed by atoms with van der Waals surface area (Å²) >= 11 is 0. The van der Waals surface area contributed by atoms with Gasteiger partial charge in [-0.1, -0.05) is 20.8 Å². The van der Waals surface area contributed by atoms with Crippen LogP contribution in [-0.4, -0.2) is 86.8 Å². The first-order valence-electron chi connectivity index (χ1n) is 9.85. The van der Waals surface area contributed by atoms with Crippen molar-refractivity contribution >= 4 is 0 Å². The van der Waals surface area contributed by atoms with Crippen molar-refractivity contribution in [3.05, 3.63) is 0 Å². The van der Waals surface area contributed by atoms with Gasteiger partial charge in [0.15, 0.2) is 6.29 Å². The van der Waals surface area contributed by atoms with Crippen LogP contribution in [0.5, 0.6) is 0 Å². The van der Waals surface area contributed by atoms with Gasteiger partial charge < -0.3 is 40.1 Å². The van der Waals surface area contributed by atoms with Crippen LogP contribution in [-0.2, 0) is 9.47 Å². The van der Waals surface area contributed by atoms with Gasteiger partial charge >= 0.3 is 0 Å². The molecule has 2 rings (SSSR count). The van der Waals surface area contributed by atoms with Crippen molar-refractivity contribution in [3.63, 3.8) is 0 Å². The molecule has 0 amide bonds. The molecule has 1 heterocycles. The quantitative estimate of drug-likeness (QED) is 0.337. The minimum Gasteiger partial charge on any atom is -0.394 e. The second-order valence-corrected chi connectivity index (χ2v) is 8.88. The molecule has 0 aromatic carbocycles. The summed E-state index contributed by atoms with van der Waals surface area (Å²) < 4.78 is 11.0. The maximum Gasteiger partial charge on any atom is 0.187 e. The van der Waals surface area contributed by atoms with Gasteiger partial charge in [0.05, 0.1) is 25.4 Å². The molecule has 1 aliphatic heterocycles. The summed E-state index contributed by atoms with van der Waals surface area (Å²) in [5, 5.41) is 58.7. The molecule has 0 aromatic heterocycles. The molecule has 0 bridgehead atoms. The van der Waals surface area contributed by atoms with Crippen molar-refractivity contribution in [3.8, 4) is 0 Å². The molecule has 0 radical (unpaired) electrons. The molecule has 2 aliphatic rings. The Labute approximate surface area is 160 Å². The Hall–Kier alpha value is -0.320. The van der Waals surface area contributed by atoms with Crippen molar-refractivity contribution in [1.29, 1.82) is 0 Å². The second-order valence-electron chi connectivity index (χ2n) is 8.88. The zero-order chi connectivity index (χ0) is 20.4. The van der Waals surface area contributed by atoms with Gasteiger partial charge in [-0.15, -0.1) is 0 Å². The molecular formula is C19H36O8. The molecule has 9 unspecified atom stereocenters. The van der Waals surface area contributed by atoms with E-state index in [1.807, 2.05) is 0 Å². The van der Waals surface area contributed by atoms with Crippen LogP contribution in [0.15, 0.2) is 0 Å². The van der Waals surface area contributed by atoms with Crippen molar-refractivity contribution in [2.24, 2.45) is 17.3 Å². The van der Waals surface area contributed by atoms with E-state index in [1.165, 1.54) is 0 Å². The first-order chi connectivity index (χ1) is 12.6. The Morgan fingerprint density at radius 2 is 1.74 bits per heavy atom. The lowest BCUT2D eigenvalue weighted by atomic mass is 9.61. The first kappa shape index (κ1) is 23.0. The SMILES string of the molecule is CC1CC(O)CC(C)(C)C1CCC(CO)OC1OC(CO)C(O)C(O)C1O. The maximum absolute atomic E-state index is 10.1. The Balaban J connectivity index is 1.95. The normalized spacial score (nSPS) is 43.4. The summed E-state index contributed by atoms with van der Waals surface area (Å²) in [7, 11) is 0. The standard InChI is InChI=1S/C19H36O8/c1-10-6-11(22)7-19(2,3)13(10)5-4-12(8-20)26-18-17(25)16(24)15(23)14(9-21)27-18/h10-18,20-25H,4-9H2,1-3H3. The molecule has 27 heavy (non-hydrogen) atoms. The van der Waals surface area contributed by atoms with Crippen molar-refractivity contribution in [2.75, 3.05) is 13.2 Å². The van der Waals surface area contributed by atoms with Crippen molar-refractivity contribution in [1.82, 2.24) is 0 Å². The molecule has 8 heteroatoms. The Bertz CT molecular complexity index is 457. The zero-order valence-corrected chi connectivity index (χ0v) is 16.4. The van der Waals surface area contributed by atoms with Crippen LogP contribution in [0, 0.1) is 17.3 Å². The predicted molar refractivity (Wildman–Crippen MR) is 96.6 cm³/mol. The molecule has 9 atom stereocenters. The van der Waals surface area contributed by atoms with E-state index >= 15 is 0 Å². The first-order valence-corrected chi connectivity index (χ1v) is 9.85. The van der Waals surface area contributed by atoms with Crippen molar-refractivity contribution in [2.45, 2.75) is 89.4 Å². The van der Waals surface area contributed by atoms with Gasteiger partial charge in [-0.25, -0.2) is 0 Å². The molecular weight excluding hydrogens is 356 g/mol. The maximum atomic E-state index is 10.1. The highest BCUT2D eigenvalue weighted by atomic mass is 16.7. The minimum atomic E-state index is -1.50. The topological polar surface area (TPSA) is 140 Å². The lowest BCUT2D eigenvalue weighted by molar-refractivity contribution is -0.313. The summed E-state index contributed by atoms with van der Waals surface area (Å²) in [6.45, 7) is 5.61. The van der Waals surface area contributed by atoms with E-state index < -0.39 is 43.4 Å². The molecule has 1 aliphatic carbocycles. The molecule has 160 valence electrons. The van der Waals surface area contributed by atoms with Crippen LogP contribution in [0.1, 0.15) is 46.5 Å². The fourth-order valence-corrected chi connectivity index (χ4v) is 4.82. The lowest BCUT2D eigenvalue weighted by Gasteiger charge is -2.46. The highest BCUT2D eigenvalue weighted by molar-refractivity contribution is 4.91. The zero-order valence-electron chi connectivity index (χ0n) is 16.4. The summed E-state index contributed by atoms with van der Waals surface area (Å²) in [6.07, 6.45) is -4.78. The third-order valence-electron chi connectivity index (χ3n) is 6.27. The molecule has 0 spiro atoms. The van der Waals surface area contributed by atoms with E-state index in [9.17, 15) is 30.6 Å². The molecule has 8 nitrogen and oxygen atoms in total. The fraction of sp³-hybridized carbons (Fsp3) is 1.00. The average Bonchev–Trinajstić information content (AvgIpc) is 2.59. The Morgan fingerprint density at radius 1 is 1.07 bits per heavy atom. The number of aliphatic hydroxyl groups excluding tert-OH is 6. The van der Waals surface area contributed by atoms with Gasteiger partial charge in [0.1, 0.15) is 24.4 Å². The Kier molecular flexibility index (Phi) is 8.04. The fourth-order valence-electron chi connectivity index (χ4n) is 4.82. The highest BCUT2D eigenvalue weighted by Crippen LogP contribution is 2.46. The van der Waals surface area contributed by atoms with Crippen LogP contribution in [0.3, 0.4) is 0 Å². The number of rotatable bonds is 7. The second kappa shape index (κ2) is 9.45. The third kappa shape index (κ3) is 5.39. The molecule has 1 saturated carbocycles. The van der Waals surface area contributed by atoms with Gasteiger partial charge in [-0.05, 0) is 42.9 Å². The third-order valence-corrected chi connectivity index (χ3v) is 6.27. The molecule has 2 fully saturated rings. The molecule has 1 saturated heterocycles. The van der Waals surface area contributed by atoms with E-state index in [2.05, 4.69) is 20.8 Å². The van der Waals surface area contributed by atoms with Gasteiger partial charge in [0.2, 0.25) is 0 Å². The smallest absolute Gasteiger partial charge is 0.187 e. The predicted octanol–water partition coefficient (Wildman–Crippen LogP) is -0.623. The summed E-state index contributed by atoms with van der Waals surface area (Å²) in [4.78, 5) is 0. The van der Waals surface area contributed by atoms with Gasteiger partial charge in [0, 0.05) is 0 Å². The van der Waals surface area contributed by atoms with Crippen LogP contribution in [0.2, 0.25) is 0 Å². The van der Waals surface area contributed by atoms with Crippen LogP contribution < -0.4 is 0 Å². The van der Waals surface area contributed by atoms with E-state index in [0.29, 0.717) is 18.3 Å². The van der Waals surface area contributed by atoms with Crippen LogP contribution in [0.4, 0.5) is 0 Å². The molecule has 0 aromatic rings. The summed E-state index contributed by atoms with van der Waals surface area (Å²) in [5.41, 5.74) is -0.0276. The minimum absolute atomic E-state index is 0.0276. The van der Waals surface area contributed by atoms with E-state index in [0.717, 1.165) is 19.3 Å².